The van der Waals surface area contributed by atoms with Gasteiger partial charge < -0.3 is 5.73 Å². The fourth-order valence-electron chi connectivity index (χ4n) is 1.23. The van der Waals surface area contributed by atoms with E-state index >= 15 is 0 Å². The zero-order valence-electron chi connectivity index (χ0n) is 7.91. The van der Waals surface area contributed by atoms with E-state index in [2.05, 4.69) is 5.10 Å². The molecule has 2 N–H and O–H groups in total. The van der Waals surface area contributed by atoms with E-state index in [0.29, 0.717) is 5.69 Å². The molecule has 0 unspecified atom stereocenters. The summed E-state index contributed by atoms with van der Waals surface area (Å²) in [6, 6.07) is 3.79. The number of nitrogens with zero attached hydrogens (tertiary/aromatic N) is 2. The summed E-state index contributed by atoms with van der Waals surface area (Å²) in [7, 11) is 1.63. The average molecular weight is 211 g/mol. The van der Waals surface area contributed by atoms with Crippen molar-refractivity contribution in [1.29, 1.82) is 0 Å². The van der Waals surface area contributed by atoms with Gasteiger partial charge in [0.05, 0.1) is 4.88 Å². The lowest BCUT2D eigenvalue weighted by Gasteiger charge is -1.88. The molecular formula is C9H10FN3S. The highest BCUT2D eigenvalue weighted by molar-refractivity contribution is 7.15. The van der Waals surface area contributed by atoms with Crippen molar-refractivity contribution in [3.05, 3.63) is 22.8 Å². The largest absolute Gasteiger partial charge is 0.381 e. The molecule has 0 atom stereocenters. The minimum Gasteiger partial charge on any atom is -0.381 e. The van der Waals surface area contributed by atoms with Crippen LogP contribution in [0.4, 0.5) is 10.2 Å². The fourth-order valence-corrected chi connectivity index (χ4v) is 2.08. The number of hydrogen-bond acceptors (Lipinski definition) is 3. The first-order valence-corrected chi connectivity index (χ1v) is 4.96. The van der Waals surface area contributed by atoms with Crippen molar-refractivity contribution in [3.8, 4) is 10.6 Å². The summed E-state index contributed by atoms with van der Waals surface area (Å²) in [5.74, 6) is -0.361. The molecule has 0 spiro atoms. The molecule has 0 fully saturated rings. The molecular weight excluding hydrogens is 201 g/mol. The minimum absolute atomic E-state index is 0.0750. The van der Waals surface area contributed by atoms with E-state index in [-0.39, 0.29) is 5.82 Å². The van der Waals surface area contributed by atoms with Crippen molar-refractivity contribution >= 4 is 17.2 Å². The molecule has 0 bridgehead atoms. The van der Waals surface area contributed by atoms with Crippen LogP contribution >= 0.6 is 11.3 Å². The Balaban J connectivity index is 2.57. The van der Waals surface area contributed by atoms with Gasteiger partial charge in [-0.05, 0) is 19.1 Å². The van der Waals surface area contributed by atoms with Gasteiger partial charge in [-0.15, -0.1) is 11.3 Å². The predicted octanol–water partition coefficient (Wildman–Crippen LogP) is 2.18. The first kappa shape index (κ1) is 9.21. The summed E-state index contributed by atoms with van der Waals surface area (Å²) in [6.07, 6.45) is 0. The zero-order chi connectivity index (χ0) is 10.3. The Labute approximate surface area is 85.0 Å². The van der Waals surface area contributed by atoms with Crippen LogP contribution in [-0.2, 0) is 7.05 Å². The molecule has 2 aromatic rings. The van der Waals surface area contributed by atoms with Gasteiger partial charge in [0.25, 0.3) is 0 Å². The lowest BCUT2D eigenvalue weighted by Crippen LogP contribution is -1.97. The summed E-state index contributed by atoms with van der Waals surface area (Å²) in [6.45, 7) is 1.97. The zero-order valence-corrected chi connectivity index (χ0v) is 8.73. The first-order chi connectivity index (χ1) is 6.59. The maximum Gasteiger partial charge on any atom is 0.193 e. The van der Waals surface area contributed by atoms with Crippen LogP contribution in [0, 0.1) is 12.7 Å². The molecule has 2 aromatic heterocycles. The van der Waals surface area contributed by atoms with Gasteiger partial charge in [0.2, 0.25) is 0 Å². The smallest absolute Gasteiger partial charge is 0.193 e. The number of nitrogen functional groups attached to an aromatic ring is 1. The Bertz CT molecular complexity index is 472. The highest BCUT2D eigenvalue weighted by Crippen LogP contribution is 2.30. The summed E-state index contributed by atoms with van der Waals surface area (Å²) in [4.78, 5) is 1.94. The number of rotatable bonds is 1. The Morgan fingerprint density at radius 1 is 1.50 bits per heavy atom. The van der Waals surface area contributed by atoms with Crippen LogP contribution in [0.1, 0.15) is 4.88 Å². The predicted molar refractivity (Wildman–Crippen MR) is 55.6 cm³/mol. The number of thiophene rings is 1. The molecule has 0 aromatic carbocycles. The highest BCUT2D eigenvalue weighted by Gasteiger charge is 2.16. The number of aryl methyl sites for hydroxylation is 2. The molecule has 14 heavy (non-hydrogen) atoms. The molecule has 2 rings (SSSR count). The monoisotopic (exact) mass is 211 g/mol. The van der Waals surface area contributed by atoms with Gasteiger partial charge in [0.1, 0.15) is 5.69 Å². The third-order valence-electron chi connectivity index (χ3n) is 2.01. The molecule has 0 aliphatic rings. The maximum atomic E-state index is 13.5. The number of hydrogen-bond donors (Lipinski definition) is 1. The van der Waals surface area contributed by atoms with Crippen molar-refractivity contribution in [3.63, 3.8) is 0 Å². The van der Waals surface area contributed by atoms with E-state index in [4.69, 9.17) is 5.73 Å². The van der Waals surface area contributed by atoms with Crippen LogP contribution in [0.25, 0.3) is 10.6 Å². The summed E-state index contributed by atoms with van der Waals surface area (Å²) >= 11 is 1.51. The Morgan fingerprint density at radius 3 is 2.64 bits per heavy atom. The van der Waals surface area contributed by atoms with Gasteiger partial charge in [0, 0.05) is 11.9 Å². The molecule has 74 valence electrons. The number of aromatic nitrogens is 2. The SMILES string of the molecule is Cc1ccc(-c2nn(C)c(N)c2F)s1. The van der Waals surface area contributed by atoms with E-state index in [1.54, 1.807) is 7.05 Å². The van der Waals surface area contributed by atoms with Crippen LogP contribution in [0.3, 0.4) is 0 Å². The molecule has 0 saturated heterocycles. The van der Waals surface area contributed by atoms with Crippen molar-refractivity contribution in [1.82, 2.24) is 9.78 Å². The second-order valence-electron chi connectivity index (χ2n) is 3.08. The van der Waals surface area contributed by atoms with Crippen LogP contribution in [-0.4, -0.2) is 9.78 Å². The van der Waals surface area contributed by atoms with Crippen molar-refractivity contribution in [2.24, 2.45) is 7.05 Å². The third kappa shape index (κ3) is 1.29. The molecule has 0 aliphatic heterocycles. The Kier molecular flexibility index (Phi) is 2.03. The molecule has 0 radical (unpaired) electrons. The molecule has 0 saturated carbocycles. The Morgan fingerprint density at radius 2 is 2.21 bits per heavy atom. The number of halogens is 1. The average Bonchev–Trinajstić information content (AvgIpc) is 2.66. The summed E-state index contributed by atoms with van der Waals surface area (Å²) in [5, 5.41) is 4.02. The second kappa shape index (κ2) is 3.09. The van der Waals surface area contributed by atoms with E-state index in [1.165, 1.54) is 16.0 Å². The fraction of sp³-hybridized carbons (Fsp3) is 0.222. The number of anilines is 1. The van der Waals surface area contributed by atoms with Crippen LogP contribution in [0.2, 0.25) is 0 Å². The van der Waals surface area contributed by atoms with Gasteiger partial charge in [-0.3, -0.25) is 0 Å². The standard InChI is InChI=1S/C9H10FN3S/c1-5-3-4-6(14-5)8-7(10)9(11)13(2)12-8/h3-4H,11H2,1-2H3. The normalized spacial score (nSPS) is 10.8. The van der Waals surface area contributed by atoms with Crippen LogP contribution in [0.5, 0.6) is 0 Å². The van der Waals surface area contributed by atoms with Gasteiger partial charge in [0.15, 0.2) is 11.6 Å². The third-order valence-corrected chi connectivity index (χ3v) is 3.01. The van der Waals surface area contributed by atoms with Crippen molar-refractivity contribution in [2.45, 2.75) is 6.92 Å². The van der Waals surface area contributed by atoms with Crippen molar-refractivity contribution < 1.29 is 4.39 Å². The number of nitrogens with two attached hydrogens (primary N) is 1. The maximum absolute atomic E-state index is 13.5. The molecule has 0 aliphatic carbocycles. The minimum atomic E-state index is -0.436. The molecule has 0 amide bonds. The van der Waals surface area contributed by atoms with Gasteiger partial charge in [-0.2, -0.15) is 5.10 Å². The van der Waals surface area contributed by atoms with E-state index in [1.807, 2.05) is 19.1 Å². The Hall–Kier alpha value is -1.36. The van der Waals surface area contributed by atoms with Gasteiger partial charge in [-0.25, -0.2) is 9.07 Å². The van der Waals surface area contributed by atoms with Gasteiger partial charge >= 0.3 is 0 Å². The van der Waals surface area contributed by atoms with E-state index < -0.39 is 5.82 Å². The molecule has 5 heteroatoms. The molecule has 2 heterocycles. The summed E-state index contributed by atoms with van der Waals surface area (Å²) < 4.78 is 14.9. The lowest BCUT2D eigenvalue weighted by molar-refractivity contribution is 0.634. The molecule has 3 nitrogen and oxygen atoms in total. The topological polar surface area (TPSA) is 43.8 Å². The quantitative estimate of drug-likeness (QED) is 0.785. The van der Waals surface area contributed by atoms with E-state index in [9.17, 15) is 4.39 Å². The van der Waals surface area contributed by atoms with Crippen LogP contribution < -0.4 is 5.73 Å². The van der Waals surface area contributed by atoms with E-state index in [0.717, 1.165) is 9.75 Å². The highest BCUT2D eigenvalue weighted by atomic mass is 32.1. The summed E-state index contributed by atoms with van der Waals surface area (Å²) in [5.41, 5.74) is 5.81. The second-order valence-corrected chi connectivity index (χ2v) is 4.37. The lowest BCUT2D eigenvalue weighted by atomic mass is 10.3. The van der Waals surface area contributed by atoms with Gasteiger partial charge in [-0.1, -0.05) is 0 Å². The van der Waals surface area contributed by atoms with Crippen LogP contribution in [0.15, 0.2) is 12.1 Å². The first-order valence-electron chi connectivity index (χ1n) is 4.14. The van der Waals surface area contributed by atoms with Crippen molar-refractivity contribution in [2.75, 3.05) is 5.73 Å².